The Bertz CT molecular complexity index is 1030. The monoisotopic (exact) mass is 392 g/mol. The van der Waals surface area contributed by atoms with Crippen LogP contribution in [0, 0.1) is 0 Å². The van der Waals surface area contributed by atoms with Gasteiger partial charge in [-0.1, -0.05) is 66.2 Å². The van der Waals surface area contributed by atoms with Crippen LogP contribution in [0.25, 0.3) is 10.8 Å². The highest BCUT2D eigenvalue weighted by molar-refractivity contribution is 6.30. The molecule has 6 heteroatoms. The molecular formula is C22H21ClN4O. The fourth-order valence-corrected chi connectivity index (χ4v) is 3.59. The number of hydrazone groups is 1. The van der Waals surface area contributed by atoms with Crippen LogP contribution in [-0.4, -0.2) is 17.7 Å². The molecule has 0 aromatic heterocycles. The molecule has 28 heavy (non-hydrogen) atoms. The van der Waals surface area contributed by atoms with E-state index in [2.05, 4.69) is 39.6 Å². The van der Waals surface area contributed by atoms with Crippen molar-refractivity contribution in [1.29, 1.82) is 0 Å². The molecule has 0 bridgehead atoms. The molecule has 0 spiro atoms. The Morgan fingerprint density at radius 3 is 2.61 bits per heavy atom. The second-order valence-corrected chi connectivity index (χ2v) is 7.32. The van der Waals surface area contributed by atoms with E-state index in [4.69, 9.17) is 11.6 Å². The Morgan fingerprint density at radius 1 is 1.04 bits per heavy atom. The number of hydrogen-bond donors (Lipinski definition) is 3. The van der Waals surface area contributed by atoms with Crippen molar-refractivity contribution in [3.05, 3.63) is 82.9 Å². The molecule has 0 aliphatic carbocycles. The average Bonchev–Trinajstić information content (AvgIpc) is 3.22. The summed E-state index contributed by atoms with van der Waals surface area (Å²) in [6.07, 6.45) is 0.635. The quantitative estimate of drug-likeness (QED) is 0.465. The number of rotatable bonds is 4. The number of fused-ring (bicyclic) bond motifs is 1. The van der Waals surface area contributed by atoms with E-state index in [0.29, 0.717) is 11.4 Å². The van der Waals surface area contributed by atoms with Crippen molar-refractivity contribution in [3.63, 3.8) is 0 Å². The van der Waals surface area contributed by atoms with Crippen LogP contribution >= 0.6 is 11.6 Å². The number of carbonyl (C=O) groups excluding carboxylic acids is 1. The van der Waals surface area contributed by atoms with Gasteiger partial charge < -0.3 is 0 Å². The van der Waals surface area contributed by atoms with Crippen LogP contribution in [0.2, 0.25) is 5.02 Å². The number of nitrogens with zero attached hydrogens (tertiary/aromatic N) is 1. The molecule has 1 amide bonds. The molecule has 4 rings (SSSR count). The zero-order valence-electron chi connectivity index (χ0n) is 15.4. The number of hydrogen-bond acceptors (Lipinski definition) is 4. The third-order valence-corrected chi connectivity index (χ3v) is 5.26. The van der Waals surface area contributed by atoms with Gasteiger partial charge in [0, 0.05) is 16.6 Å². The maximum Gasteiger partial charge on any atom is 0.258 e. The molecule has 1 saturated heterocycles. The van der Waals surface area contributed by atoms with Crippen molar-refractivity contribution in [3.8, 4) is 0 Å². The van der Waals surface area contributed by atoms with Crippen LogP contribution in [0.1, 0.15) is 30.5 Å². The van der Waals surface area contributed by atoms with Crippen LogP contribution in [-0.2, 0) is 4.79 Å². The molecule has 2 atom stereocenters. The van der Waals surface area contributed by atoms with Crippen LogP contribution in [0.15, 0.2) is 71.8 Å². The van der Waals surface area contributed by atoms with Gasteiger partial charge >= 0.3 is 0 Å². The lowest BCUT2D eigenvalue weighted by Gasteiger charge is -2.10. The van der Waals surface area contributed by atoms with Gasteiger partial charge in [0.15, 0.2) is 0 Å². The van der Waals surface area contributed by atoms with E-state index < -0.39 is 0 Å². The number of carbonyl (C=O) groups is 1. The summed E-state index contributed by atoms with van der Waals surface area (Å²) in [5, 5.41) is 7.29. The average molecular weight is 393 g/mol. The highest BCUT2D eigenvalue weighted by Gasteiger charge is 2.30. The first kappa shape index (κ1) is 18.6. The van der Waals surface area contributed by atoms with Crippen molar-refractivity contribution < 1.29 is 4.79 Å². The van der Waals surface area contributed by atoms with Gasteiger partial charge in [-0.05, 0) is 41.8 Å². The van der Waals surface area contributed by atoms with E-state index in [1.54, 1.807) is 0 Å². The molecule has 1 heterocycles. The number of amides is 1. The number of nitrogens with one attached hydrogen (secondary N) is 3. The minimum absolute atomic E-state index is 0.0520. The third-order valence-electron chi connectivity index (χ3n) is 5.01. The van der Waals surface area contributed by atoms with Crippen LogP contribution in [0.5, 0.6) is 0 Å². The standard InChI is InChI=1S/C22H21ClN4O/c1-14(18-8-4-6-15-5-2-3-7-19(15)18)24-27-22(28)21-13-20(25-26-21)16-9-11-17(23)12-10-16/h2-12,20-21,25-26H,13H2,1H3,(H,27,28)/b24-14+. The second-order valence-electron chi connectivity index (χ2n) is 6.88. The van der Waals surface area contributed by atoms with E-state index in [-0.39, 0.29) is 18.0 Å². The first-order valence-electron chi connectivity index (χ1n) is 9.20. The molecule has 142 valence electrons. The zero-order chi connectivity index (χ0) is 19.5. The van der Waals surface area contributed by atoms with Crippen molar-refractivity contribution in [2.75, 3.05) is 0 Å². The van der Waals surface area contributed by atoms with E-state index >= 15 is 0 Å². The van der Waals surface area contributed by atoms with Gasteiger partial charge in [-0.3, -0.25) is 4.79 Å². The largest absolute Gasteiger partial charge is 0.271 e. The number of benzene rings is 3. The van der Waals surface area contributed by atoms with E-state index in [0.717, 1.165) is 27.6 Å². The van der Waals surface area contributed by atoms with Crippen LogP contribution in [0.4, 0.5) is 0 Å². The van der Waals surface area contributed by atoms with Crippen LogP contribution < -0.4 is 16.3 Å². The number of hydrazine groups is 1. The molecule has 3 aromatic rings. The normalized spacial score (nSPS) is 19.7. The summed E-state index contributed by atoms with van der Waals surface area (Å²) in [5.41, 5.74) is 11.8. The fourth-order valence-electron chi connectivity index (χ4n) is 3.46. The molecule has 3 aromatic carbocycles. The summed E-state index contributed by atoms with van der Waals surface area (Å²) in [6, 6.07) is 21.5. The van der Waals surface area contributed by atoms with Gasteiger partial charge in [-0.25, -0.2) is 16.3 Å². The summed E-state index contributed by atoms with van der Waals surface area (Å²) in [5.74, 6) is -0.163. The first-order chi connectivity index (χ1) is 13.6. The second kappa shape index (κ2) is 8.10. The van der Waals surface area contributed by atoms with Crippen molar-refractivity contribution in [2.45, 2.75) is 25.4 Å². The summed E-state index contributed by atoms with van der Waals surface area (Å²) < 4.78 is 0. The number of halogens is 1. The lowest BCUT2D eigenvalue weighted by atomic mass is 10.0. The SMILES string of the molecule is C/C(=N\NC(=O)C1CC(c2ccc(Cl)cc2)NN1)c1cccc2ccccc12. The Morgan fingerprint density at radius 2 is 1.79 bits per heavy atom. The minimum Gasteiger partial charge on any atom is -0.271 e. The lowest BCUT2D eigenvalue weighted by Crippen LogP contribution is -2.41. The maximum atomic E-state index is 12.5. The fraction of sp³-hybridized carbons (Fsp3) is 0.182. The molecular weight excluding hydrogens is 372 g/mol. The van der Waals surface area contributed by atoms with Gasteiger partial charge in [-0.15, -0.1) is 0 Å². The third kappa shape index (κ3) is 3.92. The van der Waals surface area contributed by atoms with E-state index in [1.165, 1.54) is 0 Å². The highest BCUT2D eigenvalue weighted by Crippen LogP contribution is 2.24. The van der Waals surface area contributed by atoms with E-state index in [9.17, 15) is 4.79 Å². The van der Waals surface area contributed by atoms with Crippen molar-refractivity contribution in [2.24, 2.45) is 5.10 Å². The predicted octanol–water partition coefficient (Wildman–Crippen LogP) is 3.94. The molecule has 5 nitrogen and oxygen atoms in total. The molecule has 0 radical (unpaired) electrons. The Labute approximate surface area is 168 Å². The predicted molar refractivity (Wildman–Crippen MR) is 113 cm³/mol. The first-order valence-corrected chi connectivity index (χ1v) is 9.58. The molecule has 1 fully saturated rings. The topological polar surface area (TPSA) is 65.5 Å². The summed E-state index contributed by atoms with van der Waals surface area (Å²) >= 11 is 5.94. The smallest absolute Gasteiger partial charge is 0.258 e. The van der Waals surface area contributed by atoms with Gasteiger partial charge in [0.2, 0.25) is 0 Å². The van der Waals surface area contributed by atoms with Crippen LogP contribution in [0.3, 0.4) is 0 Å². The molecule has 2 unspecified atom stereocenters. The van der Waals surface area contributed by atoms with Gasteiger partial charge in [0.25, 0.3) is 5.91 Å². The lowest BCUT2D eigenvalue weighted by molar-refractivity contribution is -0.122. The Hall–Kier alpha value is -2.73. The molecule has 3 N–H and O–H groups in total. The van der Waals surface area contributed by atoms with Crippen molar-refractivity contribution >= 4 is 34.0 Å². The van der Waals surface area contributed by atoms with E-state index in [1.807, 2.05) is 55.5 Å². The summed E-state index contributed by atoms with van der Waals surface area (Å²) in [7, 11) is 0. The van der Waals surface area contributed by atoms with Gasteiger partial charge in [0.1, 0.15) is 6.04 Å². The molecule has 1 aliphatic rings. The molecule has 1 aliphatic heterocycles. The Balaban J connectivity index is 1.43. The zero-order valence-corrected chi connectivity index (χ0v) is 16.2. The minimum atomic E-state index is -0.357. The van der Waals surface area contributed by atoms with Gasteiger partial charge in [0.05, 0.1) is 5.71 Å². The van der Waals surface area contributed by atoms with Gasteiger partial charge in [-0.2, -0.15) is 5.10 Å². The summed E-state index contributed by atoms with van der Waals surface area (Å²) in [4.78, 5) is 12.5. The van der Waals surface area contributed by atoms with Crippen molar-refractivity contribution in [1.82, 2.24) is 16.3 Å². The Kier molecular flexibility index (Phi) is 5.39. The molecule has 0 saturated carbocycles. The maximum absolute atomic E-state index is 12.5. The summed E-state index contributed by atoms with van der Waals surface area (Å²) in [6.45, 7) is 1.90. The highest BCUT2D eigenvalue weighted by atomic mass is 35.5.